The van der Waals surface area contributed by atoms with E-state index >= 15 is 0 Å². The zero-order valence-electron chi connectivity index (χ0n) is 10.9. The predicted molar refractivity (Wildman–Crippen MR) is 78.2 cm³/mol. The third-order valence-electron chi connectivity index (χ3n) is 2.84. The molecule has 0 unspecified atom stereocenters. The number of amides is 1. The molecule has 0 fully saturated rings. The van der Waals surface area contributed by atoms with E-state index in [1.165, 1.54) is 34.6 Å². The molecule has 1 amide bonds. The van der Waals surface area contributed by atoms with Gasteiger partial charge in [0, 0.05) is 25.5 Å². The maximum absolute atomic E-state index is 12.1. The lowest BCUT2D eigenvalue weighted by Gasteiger charge is -2.06. The molecular formula is C13H11N5O2S. The fourth-order valence-electron chi connectivity index (χ4n) is 1.82. The van der Waals surface area contributed by atoms with Gasteiger partial charge in [-0.05, 0) is 17.5 Å². The molecule has 0 aliphatic rings. The van der Waals surface area contributed by atoms with Gasteiger partial charge in [0.15, 0.2) is 0 Å². The molecule has 106 valence electrons. The van der Waals surface area contributed by atoms with Gasteiger partial charge in [-0.2, -0.15) is 0 Å². The van der Waals surface area contributed by atoms with Gasteiger partial charge in [0.25, 0.3) is 11.5 Å². The number of carbonyl (C=O) groups is 1. The summed E-state index contributed by atoms with van der Waals surface area (Å²) < 4.78 is 2.10. The van der Waals surface area contributed by atoms with Crippen molar-refractivity contribution in [3.8, 4) is 0 Å². The molecule has 21 heavy (non-hydrogen) atoms. The molecule has 0 radical (unpaired) electrons. The molecule has 0 bridgehead atoms. The molecule has 3 aromatic rings. The van der Waals surface area contributed by atoms with Crippen molar-refractivity contribution in [3.63, 3.8) is 0 Å². The van der Waals surface area contributed by atoms with E-state index < -0.39 is 0 Å². The Balaban J connectivity index is 1.66. The summed E-state index contributed by atoms with van der Waals surface area (Å²) in [5, 5.41) is 4.50. The highest BCUT2D eigenvalue weighted by atomic mass is 32.1. The molecule has 7 nitrogen and oxygen atoms in total. The Morgan fingerprint density at radius 1 is 1.29 bits per heavy atom. The van der Waals surface area contributed by atoms with Gasteiger partial charge in [0.2, 0.25) is 5.82 Å². The largest absolute Gasteiger partial charge is 0.348 e. The first-order chi connectivity index (χ1) is 10.3. The van der Waals surface area contributed by atoms with Crippen LogP contribution in [0.2, 0.25) is 0 Å². The van der Waals surface area contributed by atoms with Gasteiger partial charge in [-0.1, -0.05) is 0 Å². The Kier molecular flexibility index (Phi) is 3.69. The molecule has 1 N–H and O–H groups in total. The summed E-state index contributed by atoms with van der Waals surface area (Å²) in [4.78, 5) is 35.8. The van der Waals surface area contributed by atoms with Gasteiger partial charge in [0.1, 0.15) is 4.70 Å². The number of aromatic nitrogens is 4. The summed E-state index contributed by atoms with van der Waals surface area (Å²) >= 11 is 1.36. The smallest absolute Gasteiger partial charge is 0.289 e. The van der Waals surface area contributed by atoms with Crippen LogP contribution in [-0.2, 0) is 6.54 Å². The molecule has 0 spiro atoms. The number of fused-ring (bicyclic) bond motifs is 1. The number of hydrogen-bond acceptors (Lipinski definition) is 6. The van der Waals surface area contributed by atoms with Crippen molar-refractivity contribution in [1.29, 1.82) is 0 Å². The first kappa shape index (κ1) is 13.4. The van der Waals surface area contributed by atoms with E-state index in [1.54, 1.807) is 12.1 Å². The molecule has 0 aromatic carbocycles. The lowest BCUT2D eigenvalue weighted by molar-refractivity contribution is 0.0941. The van der Waals surface area contributed by atoms with Crippen LogP contribution in [0, 0.1) is 0 Å². The second kappa shape index (κ2) is 5.80. The van der Waals surface area contributed by atoms with Crippen LogP contribution >= 0.6 is 11.3 Å². The average molecular weight is 301 g/mol. The van der Waals surface area contributed by atoms with Crippen molar-refractivity contribution >= 4 is 27.5 Å². The van der Waals surface area contributed by atoms with Crippen molar-refractivity contribution in [2.24, 2.45) is 0 Å². The van der Waals surface area contributed by atoms with E-state index in [0.29, 0.717) is 23.3 Å². The van der Waals surface area contributed by atoms with Crippen LogP contribution < -0.4 is 10.9 Å². The summed E-state index contributed by atoms with van der Waals surface area (Å²) in [6, 6.07) is 3.44. The van der Waals surface area contributed by atoms with E-state index in [9.17, 15) is 9.59 Å². The highest BCUT2D eigenvalue weighted by Gasteiger charge is 2.08. The minimum absolute atomic E-state index is 0.0970. The SMILES string of the molecule is O=C(NCCn1cnc2ccsc2c1=O)c1ncccn1. The zero-order chi connectivity index (χ0) is 14.7. The highest BCUT2D eigenvalue weighted by Crippen LogP contribution is 2.12. The van der Waals surface area contributed by atoms with Crippen LogP contribution in [0.1, 0.15) is 10.6 Å². The van der Waals surface area contributed by atoms with E-state index in [1.807, 2.05) is 5.38 Å². The highest BCUT2D eigenvalue weighted by molar-refractivity contribution is 7.17. The molecule has 3 rings (SSSR count). The van der Waals surface area contributed by atoms with Crippen LogP contribution in [0.25, 0.3) is 10.2 Å². The van der Waals surface area contributed by atoms with Gasteiger partial charge >= 0.3 is 0 Å². The van der Waals surface area contributed by atoms with Gasteiger partial charge in [-0.15, -0.1) is 11.3 Å². The third-order valence-corrected chi connectivity index (χ3v) is 3.73. The lowest BCUT2D eigenvalue weighted by Crippen LogP contribution is -2.31. The minimum atomic E-state index is -0.367. The molecule has 8 heteroatoms. The monoisotopic (exact) mass is 301 g/mol. The second-order valence-corrected chi connectivity index (χ2v) is 5.12. The number of hydrogen-bond donors (Lipinski definition) is 1. The van der Waals surface area contributed by atoms with E-state index in [4.69, 9.17) is 0 Å². The standard InChI is InChI=1S/C13H11N5O2S/c19-12(11-14-3-1-4-15-11)16-5-6-18-8-17-9-2-7-21-10(9)13(18)20/h1-4,7-8H,5-6H2,(H,16,19). The fraction of sp³-hybridized carbons (Fsp3) is 0.154. The van der Waals surface area contributed by atoms with Crippen LogP contribution in [0.15, 0.2) is 41.0 Å². The quantitative estimate of drug-likeness (QED) is 0.765. The first-order valence-electron chi connectivity index (χ1n) is 6.23. The minimum Gasteiger partial charge on any atom is -0.348 e. The van der Waals surface area contributed by atoms with Crippen molar-refractivity contribution in [1.82, 2.24) is 24.8 Å². The normalized spacial score (nSPS) is 10.7. The molecular weight excluding hydrogens is 290 g/mol. The molecule has 0 saturated carbocycles. The molecule has 3 aromatic heterocycles. The number of thiophene rings is 1. The molecule has 0 saturated heterocycles. The predicted octanol–water partition coefficient (Wildman–Crippen LogP) is 0.678. The first-order valence-corrected chi connectivity index (χ1v) is 7.11. The summed E-state index contributed by atoms with van der Waals surface area (Å²) in [6.07, 6.45) is 4.49. The molecule has 3 heterocycles. The Labute approximate surface area is 123 Å². The zero-order valence-corrected chi connectivity index (χ0v) is 11.7. The van der Waals surface area contributed by atoms with Crippen molar-refractivity contribution in [2.45, 2.75) is 6.54 Å². The van der Waals surface area contributed by atoms with Crippen molar-refractivity contribution in [3.05, 3.63) is 52.4 Å². The third kappa shape index (κ3) is 2.79. The number of carbonyl (C=O) groups excluding carboxylic acids is 1. The van der Waals surface area contributed by atoms with Crippen LogP contribution in [-0.4, -0.2) is 32.0 Å². The maximum Gasteiger partial charge on any atom is 0.289 e. The van der Waals surface area contributed by atoms with E-state index in [0.717, 1.165) is 0 Å². The molecule has 0 aliphatic carbocycles. The summed E-state index contributed by atoms with van der Waals surface area (Å²) in [5.74, 6) is -0.259. The van der Waals surface area contributed by atoms with Gasteiger partial charge in [-0.3, -0.25) is 14.2 Å². The summed E-state index contributed by atoms with van der Waals surface area (Å²) in [5.41, 5.74) is 0.600. The maximum atomic E-state index is 12.1. The van der Waals surface area contributed by atoms with Gasteiger partial charge in [-0.25, -0.2) is 15.0 Å². The second-order valence-electron chi connectivity index (χ2n) is 4.21. The van der Waals surface area contributed by atoms with E-state index in [-0.39, 0.29) is 17.3 Å². The van der Waals surface area contributed by atoms with Gasteiger partial charge < -0.3 is 5.32 Å². The van der Waals surface area contributed by atoms with Crippen molar-refractivity contribution < 1.29 is 4.79 Å². The van der Waals surface area contributed by atoms with E-state index in [2.05, 4.69) is 20.3 Å². The Hall–Kier alpha value is -2.61. The van der Waals surface area contributed by atoms with Crippen LogP contribution in [0.5, 0.6) is 0 Å². The number of rotatable bonds is 4. The van der Waals surface area contributed by atoms with Crippen LogP contribution in [0.4, 0.5) is 0 Å². The Bertz CT molecular complexity index is 827. The number of nitrogens with one attached hydrogen (secondary N) is 1. The topological polar surface area (TPSA) is 89.8 Å². The Morgan fingerprint density at radius 2 is 2.10 bits per heavy atom. The van der Waals surface area contributed by atoms with Crippen LogP contribution in [0.3, 0.4) is 0 Å². The summed E-state index contributed by atoms with van der Waals surface area (Å²) in [6.45, 7) is 0.647. The molecule has 0 aliphatic heterocycles. The van der Waals surface area contributed by atoms with Crippen molar-refractivity contribution in [2.75, 3.05) is 6.54 Å². The fourth-order valence-corrected chi connectivity index (χ4v) is 2.62. The number of nitrogens with zero attached hydrogens (tertiary/aromatic N) is 4. The van der Waals surface area contributed by atoms with Gasteiger partial charge in [0.05, 0.1) is 11.8 Å². The summed E-state index contributed by atoms with van der Waals surface area (Å²) in [7, 11) is 0. The lowest BCUT2D eigenvalue weighted by atomic mass is 10.4. The Morgan fingerprint density at radius 3 is 2.90 bits per heavy atom. The molecule has 0 atom stereocenters. The average Bonchev–Trinajstić information content (AvgIpc) is 3.00.